The van der Waals surface area contributed by atoms with Crippen LogP contribution in [0.5, 0.6) is 0 Å². The van der Waals surface area contributed by atoms with Gasteiger partial charge in [-0.25, -0.2) is 4.79 Å². The van der Waals surface area contributed by atoms with E-state index in [2.05, 4.69) is 12.1 Å². The van der Waals surface area contributed by atoms with Crippen molar-refractivity contribution in [2.24, 2.45) is 0 Å². The molecule has 0 amide bonds. The molecule has 3 heteroatoms. The van der Waals surface area contributed by atoms with Crippen LogP contribution in [0.25, 0.3) is 11.1 Å². The van der Waals surface area contributed by atoms with Gasteiger partial charge in [-0.15, -0.1) is 0 Å². The van der Waals surface area contributed by atoms with Gasteiger partial charge in [0.25, 0.3) is 0 Å². The quantitative estimate of drug-likeness (QED) is 0.882. The van der Waals surface area contributed by atoms with Crippen molar-refractivity contribution in [2.75, 3.05) is 0 Å². The normalized spacial score (nSPS) is 11.4. The lowest BCUT2D eigenvalue weighted by Crippen LogP contribution is -2.11. The molecule has 0 aromatic heterocycles. The summed E-state index contributed by atoms with van der Waals surface area (Å²) in [5.74, 6) is -1.23. The minimum atomic E-state index is -1.47. The van der Waals surface area contributed by atoms with Gasteiger partial charge >= 0.3 is 5.97 Å². The van der Waals surface area contributed by atoms with E-state index in [-0.39, 0.29) is 0 Å². The Hall–Kier alpha value is -2.13. The molecule has 0 fully saturated rings. The summed E-state index contributed by atoms with van der Waals surface area (Å²) in [7, 11) is 0. The minimum Gasteiger partial charge on any atom is -0.479 e. The van der Waals surface area contributed by atoms with Crippen LogP contribution in [-0.4, -0.2) is 16.2 Å². The van der Waals surface area contributed by atoms with Gasteiger partial charge in [0.05, 0.1) is 0 Å². The summed E-state index contributed by atoms with van der Waals surface area (Å²) in [5, 5.41) is 18.5. The molecule has 0 aliphatic carbocycles. The van der Waals surface area contributed by atoms with Crippen molar-refractivity contribution in [3.63, 3.8) is 0 Å². The summed E-state index contributed by atoms with van der Waals surface area (Å²) < 4.78 is 0. The fourth-order valence-corrected chi connectivity index (χ4v) is 2.47. The third-order valence-electron chi connectivity index (χ3n) is 3.44. The lowest BCUT2D eigenvalue weighted by atomic mass is 9.92. The van der Waals surface area contributed by atoms with E-state index in [1.807, 2.05) is 46.8 Å². The Bertz CT molecular complexity index is 619. The molecule has 1 unspecified atom stereocenters. The molecule has 2 aromatic carbocycles. The van der Waals surface area contributed by atoms with Gasteiger partial charge in [0.1, 0.15) is 0 Å². The summed E-state index contributed by atoms with van der Waals surface area (Å²) >= 11 is 0. The molecule has 0 saturated carbocycles. The van der Waals surface area contributed by atoms with E-state index < -0.39 is 12.1 Å². The number of carbonyl (C=O) groups is 1. The van der Waals surface area contributed by atoms with Crippen molar-refractivity contribution in [3.8, 4) is 11.1 Å². The standard InChI is InChI=1S/C17H18O3.C2H6/c1-10-4-6-13(7-5-10)15-11(2)8-14(9-12(15)3)16(18)17(19)20;1-2/h4-9,16,18H,1-3H3,(H,19,20);1-2H3. The third-order valence-corrected chi connectivity index (χ3v) is 3.44. The number of hydrogen-bond donors (Lipinski definition) is 2. The Morgan fingerprint density at radius 3 is 1.82 bits per heavy atom. The molecular weight excluding hydrogens is 276 g/mol. The molecule has 0 spiro atoms. The minimum absolute atomic E-state index is 0.420. The van der Waals surface area contributed by atoms with Crippen LogP contribution in [0, 0.1) is 20.8 Å². The number of benzene rings is 2. The van der Waals surface area contributed by atoms with Crippen LogP contribution in [0.3, 0.4) is 0 Å². The lowest BCUT2D eigenvalue weighted by Gasteiger charge is -2.15. The Kier molecular flexibility index (Phi) is 6.32. The number of carboxylic acid groups (broad SMARTS) is 1. The van der Waals surface area contributed by atoms with Gasteiger partial charge in [0.15, 0.2) is 6.10 Å². The number of carboxylic acids is 1. The van der Waals surface area contributed by atoms with Gasteiger partial charge in [-0.05, 0) is 48.6 Å². The van der Waals surface area contributed by atoms with Crippen molar-refractivity contribution in [2.45, 2.75) is 40.7 Å². The highest BCUT2D eigenvalue weighted by Crippen LogP contribution is 2.30. The Morgan fingerprint density at radius 2 is 1.41 bits per heavy atom. The Balaban J connectivity index is 0.00000116. The summed E-state index contributed by atoms with van der Waals surface area (Å²) in [6.45, 7) is 9.90. The molecule has 2 rings (SSSR count). The van der Waals surface area contributed by atoms with E-state index in [0.29, 0.717) is 5.56 Å². The average Bonchev–Trinajstić information content (AvgIpc) is 2.49. The second-order valence-electron chi connectivity index (χ2n) is 5.14. The number of aliphatic carboxylic acids is 1. The van der Waals surface area contributed by atoms with E-state index in [1.54, 1.807) is 12.1 Å². The molecule has 1 atom stereocenters. The molecule has 0 aliphatic rings. The summed E-state index contributed by atoms with van der Waals surface area (Å²) in [5.41, 5.74) is 5.73. The van der Waals surface area contributed by atoms with Crippen molar-refractivity contribution in [3.05, 3.63) is 58.7 Å². The zero-order valence-electron chi connectivity index (χ0n) is 13.8. The first-order chi connectivity index (χ1) is 10.4. The zero-order valence-corrected chi connectivity index (χ0v) is 13.8. The molecule has 0 bridgehead atoms. The number of aryl methyl sites for hydroxylation is 3. The first-order valence-corrected chi connectivity index (χ1v) is 7.49. The van der Waals surface area contributed by atoms with E-state index >= 15 is 0 Å². The van der Waals surface area contributed by atoms with Crippen LogP contribution in [0.1, 0.15) is 42.2 Å². The summed E-state index contributed by atoms with van der Waals surface area (Å²) in [6, 6.07) is 11.7. The third kappa shape index (κ3) is 3.95. The molecule has 0 heterocycles. The zero-order chi connectivity index (χ0) is 16.9. The molecule has 3 nitrogen and oxygen atoms in total. The lowest BCUT2D eigenvalue weighted by molar-refractivity contribution is -0.146. The largest absolute Gasteiger partial charge is 0.479 e. The summed E-state index contributed by atoms with van der Waals surface area (Å²) in [4.78, 5) is 10.9. The number of rotatable bonds is 3. The number of aliphatic hydroxyl groups excluding tert-OH is 1. The monoisotopic (exact) mass is 300 g/mol. The first-order valence-electron chi connectivity index (χ1n) is 7.49. The molecular formula is C19H24O3. The van der Waals surface area contributed by atoms with Crippen molar-refractivity contribution in [1.82, 2.24) is 0 Å². The van der Waals surface area contributed by atoms with Gasteiger partial charge in [-0.1, -0.05) is 55.8 Å². The van der Waals surface area contributed by atoms with E-state index in [1.165, 1.54) is 5.56 Å². The predicted molar refractivity (Wildman–Crippen MR) is 90.0 cm³/mol. The summed E-state index contributed by atoms with van der Waals surface area (Å²) in [6.07, 6.45) is -1.47. The second kappa shape index (κ2) is 7.76. The van der Waals surface area contributed by atoms with Crippen LogP contribution in [-0.2, 0) is 4.79 Å². The van der Waals surface area contributed by atoms with Gasteiger partial charge < -0.3 is 10.2 Å². The maximum atomic E-state index is 10.9. The van der Waals surface area contributed by atoms with E-state index in [4.69, 9.17) is 5.11 Å². The maximum Gasteiger partial charge on any atom is 0.337 e. The van der Waals surface area contributed by atoms with Gasteiger partial charge in [-0.2, -0.15) is 0 Å². The topological polar surface area (TPSA) is 57.5 Å². The van der Waals surface area contributed by atoms with Crippen molar-refractivity contribution >= 4 is 5.97 Å². The molecule has 0 radical (unpaired) electrons. The molecule has 2 N–H and O–H groups in total. The Labute approximate surface area is 132 Å². The van der Waals surface area contributed by atoms with Crippen LogP contribution in [0.15, 0.2) is 36.4 Å². The highest BCUT2D eigenvalue weighted by atomic mass is 16.4. The van der Waals surface area contributed by atoms with Crippen LogP contribution >= 0.6 is 0 Å². The van der Waals surface area contributed by atoms with Gasteiger partial charge in [0.2, 0.25) is 0 Å². The van der Waals surface area contributed by atoms with E-state index in [0.717, 1.165) is 22.3 Å². The number of hydrogen-bond acceptors (Lipinski definition) is 2. The van der Waals surface area contributed by atoms with Gasteiger partial charge in [-0.3, -0.25) is 0 Å². The van der Waals surface area contributed by atoms with Crippen LogP contribution in [0.4, 0.5) is 0 Å². The predicted octanol–water partition coefficient (Wildman–Crippen LogP) is 4.42. The molecule has 118 valence electrons. The van der Waals surface area contributed by atoms with Crippen molar-refractivity contribution in [1.29, 1.82) is 0 Å². The van der Waals surface area contributed by atoms with Crippen LogP contribution < -0.4 is 0 Å². The smallest absolute Gasteiger partial charge is 0.337 e. The van der Waals surface area contributed by atoms with E-state index in [9.17, 15) is 9.90 Å². The SMILES string of the molecule is CC.Cc1ccc(-c2c(C)cc(C(O)C(=O)O)cc2C)cc1. The van der Waals surface area contributed by atoms with Crippen molar-refractivity contribution < 1.29 is 15.0 Å². The van der Waals surface area contributed by atoms with Gasteiger partial charge in [0, 0.05) is 0 Å². The average molecular weight is 300 g/mol. The first kappa shape index (κ1) is 17.9. The molecule has 2 aromatic rings. The second-order valence-corrected chi connectivity index (χ2v) is 5.14. The number of aliphatic hydroxyl groups is 1. The fraction of sp³-hybridized carbons (Fsp3) is 0.316. The maximum absolute atomic E-state index is 10.9. The molecule has 22 heavy (non-hydrogen) atoms. The highest BCUT2D eigenvalue weighted by molar-refractivity contribution is 5.76. The fourth-order valence-electron chi connectivity index (χ4n) is 2.47. The molecule has 0 saturated heterocycles. The Morgan fingerprint density at radius 1 is 0.955 bits per heavy atom. The van der Waals surface area contributed by atoms with Crippen LogP contribution in [0.2, 0.25) is 0 Å². The highest BCUT2D eigenvalue weighted by Gasteiger charge is 2.18. The molecule has 0 aliphatic heterocycles.